The van der Waals surface area contributed by atoms with Gasteiger partial charge < -0.3 is 1.43 Å². The molecule has 4 aromatic rings. The molecule has 0 unspecified atom stereocenters. The Labute approximate surface area is 130 Å². The Morgan fingerprint density at radius 3 is 1.68 bits per heavy atom. The normalized spacial score (nSPS) is 10.7. The first kappa shape index (κ1) is 12.2. The van der Waals surface area contributed by atoms with Gasteiger partial charge in [-0.15, -0.1) is 0 Å². The zero-order valence-electron chi connectivity index (χ0n) is 11.0. The molecule has 0 aliphatic carbocycles. The molecule has 0 fully saturated rings. The zero-order valence-corrected chi connectivity index (χ0v) is 12.0. The van der Waals surface area contributed by atoms with E-state index in [0.717, 1.165) is 0 Å². The summed E-state index contributed by atoms with van der Waals surface area (Å²) in [5, 5.41) is 0. The van der Waals surface area contributed by atoms with Gasteiger partial charge in [-0.2, -0.15) is 0 Å². The number of rotatable bonds is 1. The number of hydrogen-bond acceptors (Lipinski definition) is 6. The van der Waals surface area contributed by atoms with Crippen molar-refractivity contribution in [3.8, 4) is 0 Å². The Morgan fingerprint density at radius 2 is 1.21 bits per heavy atom. The smallest absolute Gasteiger partial charge is 1.00 e. The fraction of sp³-hybridized carbons (Fsp3) is 0. The zero-order chi connectivity index (χ0) is 11.9. The second-order valence-corrected chi connectivity index (χ2v) is 3.64. The van der Waals surface area contributed by atoms with Crippen molar-refractivity contribution in [2.45, 2.75) is 0 Å². The summed E-state index contributed by atoms with van der Waals surface area (Å²) in [7, 11) is 0. The van der Waals surface area contributed by atoms with Gasteiger partial charge in [0.05, 0.1) is 12.4 Å². The monoisotopic (exact) mass is 262 g/mol. The molecule has 0 aromatic carbocycles. The van der Waals surface area contributed by atoms with Crippen molar-refractivity contribution in [3.05, 3.63) is 37.7 Å². The van der Waals surface area contributed by atoms with Crippen LogP contribution in [0.3, 0.4) is 0 Å². The Hall–Kier alpha value is -1.90. The first-order valence-corrected chi connectivity index (χ1v) is 5.20. The average molecular weight is 262 g/mol. The molecule has 0 radical (unpaired) electrons. The van der Waals surface area contributed by atoms with Gasteiger partial charge in [0.2, 0.25) is 0 Å². The van der Waals surface area contributed by atoms with Crippen LogP contribution in [0.2, 0.25) is 0 Å². The molecule has 4 heterocycles. The van der Waals surface area contributed by atoms with Crippen LogP contribution in [0.1, 0.15) is 1.43 Å². The van der Waals surface area contributed by atoms with E-state index in [1.54, 1.807) is 34.4 Å². The second-order valence-electron chi connectivity index (χ2n) is 3.64. The number of hydrogen-bond donors (Lipinski definition) is 0. The van der Waals surface area contributed by atoms with Crippen molar-refractivity contribution < 1.29 is 31.0 Å². The molecular weight excluding hydrogens is 255 g/mol. The first-order chi connectivity index (χ1) is 8.93. The maximum absolute atomic E-state index is 4.23. The molecule has 0 amide bonds. The minimum absolute atomic E-state index is 0. The third kappa shape index (κ3) is 1.81. The Balaban J connectivity index is 0.000000735. The summed E-state index contributed by atoms with van der Waals surface area (Å²) in [6.45, 7) is 0. The van der Waals surface area contributed by atoms with E-state index >= 15 is 0 Å². The van der Waals surface area contributed by atoms with Gasteiger partial charge in [-0.25, -0.2) is 39.3 Å². The first-order valence-electron chi connectivity index (χ1n) is 5.20. The predicted octanol–water partition coefficient (Wildman–Crippen LogP) is -2.61. The van der Waals surface area contributed by atoms with Gasteiger partial charge in [0.25, 0.3) is 0 Å². The van der Waals surface area contributed by atoms with Crippen molar-refractivity contribution in [2.75, 3.05) is 0 Å². The third-order valence-corrected chi connectivity index (χ3v) is 2.62. The van der Waals surface area contributed by atoms with Crippen molar-refractivity contribution in [1.29, 1.82) is 0 Å². The van der Waals surface area contributed by atoms with Crippen LogP contribution in [0, 0.1) is 0 Å². The molecule has 4 rings (SSSR count). The topological polar surface area (TPSA) is 87.2 Å². The molecule has 0 spiro atoms. The molecule has 0 atom stereocenters. The van der Waals surface area contributed by atoms with Gasteiger partial charge in [0, 0.05) is 0 Å². The molecule has 88 valence electrons. The van der Waals surface area contributed by atoms with E-state index in [-0.39, 0.29) is 31.0 Å². The summed E-state index contributed by atoms with van der Waals surface area (Å²) >= 11 is 0. The third-order valence-electron chi connectivity index (χ3n) is 2.62. The fourth-order valence-electron chi connectivity index (χ4n) is 1.83. The van der Waals surface area contributed by atoms with Crippen LogP contribution in [0.15, 0.2) is 37.7 Å². The van der Waals surface area contributed by atoms with E-state index in [0.29, 0.717) is 22.3 Å². The molecule has 0 aliphatic heterocycles. The maximum Gasteiger partial charge on any atom is 1.00 e. The van der Waals surface area contributed by atoms with E-state index in [2.05, 4.69) is 29.9 Å². The maximum atomic E-state index is 4.23. The number of aromatic nitrogens is 8. The summed E-state index contributed by atoms with van der Waals surface area (Å²) < 4.78 is 3.53. The molecule has 0 saturated heterocycles. The van der Waals surface area contributed by atoms with E-state index in [1.165, 1.54) is 12.7 Å². The van der Waals surface area contributed by atoms with Crippen LogP contribution in [0.4, 0.5) is 0 Å². The van der Waals surface area contributed by atoms with E-state index in [9.17, 15) is 0 Å². The standard InChI is InChI=1S/C10H6N8.Na.H/c1-7-9(13-3-11-1)17(5-15-7)18-6-16-8-2-12-4-14-10(8)18;;/h1-6H;;/q;+1;-1. The number of fused-ring (bicyclic) bond motifs is 2. The molecule has 0 N–H and O–H groups in total. The summed E-state index contributed by atoms with van der Waals surface area (Å²) in [4.78, 5) is 24.7. The van der Waals surface area contributed by atoms with E-state index < -0.39 is 0 Å². The second kappa shape index (κ2) is 4.65. The number of imidazole rings is 2. The summed E-state index contributed by atoms with van der Waals surface area (Å²) in [5.41, 5.74) is 2.83. The largest absolute Gasteiger partial charge is 1.00 e. The summed E-state index contributed by atoms with van der Waals surface area (Å²) in [6.07, 6.45) is 9.59. The van der Waals surface area contributed by atoms with Gasteiger partial charge in [0.15, 0.2) is 11.3 Å². The van der Waals surface area contributed by atoms with Crippen LogP contribution < -0.4 is 29.6 Å². The molecule has 19 heavy (non-hydrogen) atoms. The summed E-state index contributed by atoms with van der Waals surface area (Å²) in [6, 6.07) is 0. The Kier molecular flexibility index (Phi) is 2.97. The SMILES string of the molecule is [H-].[Na+].c1ncc2ncn(-n3cnc4cncnc43)c2n1. The van der Waals surface area contributed by atoms with Crippen molar-refractivity contribution >= 4 is 22.3 Å². The molecule has 0 aliphatic rings. The van der Waals surface area contributed by atoms with Crippen LogP contribution in [0.5, 0.6) is 0 Å². The molecule has 9 heteroatoms. The van der Waals surface area contributed by atoms with Crippen molar-refractivity contribution in [2.24, 2.45) is 0 Å². The Morgan fingerprint density at radius 1 is 0.737 bits per heavy atom. The van der Waals surface area contributed by atoms with Gasteiger partial charge in [-0.3, -0.25) is 0 Å². The molecule has 0 bridgehead atoms. The predicted molar refractivity (Wildman–Crippen MR) is 62.6 cm³/mol. The minimum Gasteiger partial charge on any atom is -1.00 e. The van der Waals surface area contributed by atoms with Crippen LogP contribution >= 0.6 is 0 Å². The van der Waals surface area contributed by atoms with Gasteiger partial charge in [-0.1, -0.05) is 0 Å². The Bertz CT molecular complexity index is 784. The quantitative estimate of drug-likeness (QED) is 0.349. The number of nitrogens with zero attached hydrogens (tertiary/aromatic N) is 8. The fourth-order valence-corrected chi connectivity index (χ4v) is 1.83. The van der Waals surface area contributed by atoms with Crippen LogP contribution in [-0.2, 0) is 0 Å². The molecule has 0 saturated carbocycles. The van der Waals surface area contributed by atoms with Crippen LogP contribution in [-0.4, -0.2) is 39.3 Å². The molecule has 4 aromatic heterocycles. The van der Waals surface area contributed by atoms with Crippen molar-refractivity contribution in [3.63, 3.8) is 0 Å². The van der Waals surface area contributed by atoms with Gasteiger partial charge >= 0.3 is 29.6 Å². The van der Waals surface area contributed by atoms with E-state index in [1.807, 2.05) is 0 Å². The van der Waals surface area contributed by atoms with Gasteiger partial charge in [-0.05, 0) is 0 Å². The van der Waals surface area contributed by atoms with Gasteiger partial charge in [0.1, 0.15) is 36.3 Å². The molecule has 8 nitrogen and oxygen atoms in total. The molecular formula is C10H7N8Na. The van der Waals surface area contributed by atoms with Crippen LogP contribution in [0.25, 0.3) is 22.3 Å². The average Bonchev–Trinajstić information content (AvgIpc) is 3.01. The summed E-state index contributed by atoms with van der Waals surface area (Å²) in [5.74, 6) is 0. The van der Waals surface area contributed by atoms with Crippen molar-refractivity contribution in [1.82, 2.24) is 39.3 Å². The van der Waals surface area contributed by atoms with E-state index in [4.69, 9.17) is 0 Å². The minimum atomic E-state index is 0.